The van der Waals surface area contributed by atoms with Gasteiger partial charge in [-0.05, 0) is 11.6 Å². The zero-order valence-electron chi connectivity index (χ0n) is 12.2. The summed E-state index contributed by atoms with van der Waals surface area (Å²) in [4.78, 5) is 12.9. The second kappa shape index (κ2) is 5.97. The lowest BCUT2D eigenvalue weighted by Gasteiger charge is -2.35. The molecule has 0 atom stereocenters. The van der Waals surface area contributed by atoms with Crippen LogP contribution in [-0.4, -0.2) is 37.4 Å². The molecule has 0 radical (unpaired) electrons. The highest BCUT2D eigenvalue weighted by Crippen LogP contribution is 2.36. The van der Waals surface area contributed by atoms with Crippen molar-refractivity contribution < 1.29 is 23.4 Å². The molecule has 0 aliphatic carbocycles. The van der Waals surface area contributed by atoms with E-state index in [1.165, 1.54) is 0 Å². The van der Waals surface area contributed by atoms with Crippen molar-refractivity contribution in [1.82, 2.24) is 0 Å². The van der Waals surface area contributed by atoms with Crippen molar-refractivity contribution in [1.29, 1.82) is 0 Å². The van der Waals surface area contributed by atoms with Crippen molar-refractivity contribution in [2.75, 3.05) is 31.2 Å². The van der Waals surface area contributed by atoms with Crippen LogP contribution in [0.1, 0.15) is 25.8 Å². The maximum atomic E-state index is 13.6. The average molecular weight is 299 g/mol. The van der Waals surface area contributed by atoms with Gasteiger partial charge in [0.2, 0.25) is 0 Å². The number of morpholine rings is 1. The molecule has 0 aromatic heterocycles. The fourth-order valence-electron chi connectivity index (χ4n) is 2.62. The lowest BCUT2D eigenvalue weighted by atomic mass is 9.80. The number of halogens is 2. The summed E-state index contributed by atoms with van der Waals surface area (Å²) in [6.07, 6.45) is -0.157. The van der Waals surface area contributed by atoms with Crippen molar-refractivity contribution in [2.24, 2.45) is 0 Å². The first-order valence-electron chi connectivity index (χ1n) is 6.85. The van der Waals surface area contributed by atoms with Crippen molar-refractivity contribution in [3.8, 4) is 0 Å². The van der Waals surface area contributed by atoms with Crippen LogP contribution in [0, 0.1) is 11.6 Å². The Balaban J connectivity index is 2.47. The molecule has 116 valence electrons. The highest BCUT2D eigenvalue weighted by Gasteiger charge is 2.30. The van der Waals surface area contributed by atoms with Gasteiger partial charge in [-0.1, -0.05) is 13.8 Å². The Morgan fingerprint density at radius 2 is 1.86 bits per heavy atom. The van der Waals surface area contributed by atoms with Gasteiger partial charge in [-0.15, -0.1) is 0 Å². The molecule has 0 bridgehead atoms. The van der Waals surface area contributed by atoms with Gasteiger partial charge < -0.3 is 14.7 Å². The van der Waals surface area contributed by atoms with Crippen LogP contribution in [0.2, 0.25) is 0 Å². The van der Waals surface area contributed by atoms with E-state index in [4.69, 9.17) is 9.84 Å². The van der Waals surface area contributed by atoms with Crippen LogP contribution in [0.4, 0.5) is 14.5 Å². The van der Waals surface area contributed by atoms with E-state index in [1.54, 1.807) is 13.8 Å². The Kier molecular flexibility index (Phi) is 4.46. The molecule has 1 heterocycles. The molecule has 1 saturated heterocycles. The van der Waals surface area contributed by atoms with Gasteiger partial charge in [-0.2, -0.15) is 0 Å². The maximum absolute atomic E-state index is 13.6. The minimum atomic E-state index is -0.974. The number of benzene rings is 1. The molecule has 1 N–H and O–H groups in total. The van der Waals surface area contributed by atoms with Crippen LogP contribution >= 0.6 is 0 Å². The minimum absolute atomic E-state index is 0.157. The first kappa shape index (κ1) is 15.7. The Hall–Kier alpha value is -1.69. The van der Waals surface area contributed by atoms with Crippen LogP contribution < -0.4 is 4.90 Å². The largest absolute Gasteiger partial charge is 0.481 e. The fourth-order valence-corrected chi connectivity index (χ4v) is 2.62. The van der Waals surface area contributed by atoms with E-state index in [0.29, 0.717) is 37.6 Å². The number of carboxylic acids is 1. The quantitative estimate of drug-likeness (QED) is 0.928. The molecule has 0 amide bonds. The zero-order valence-corrected chi connectivity index (χ0v) is 12.2. The highest BCUT2D eigenvalue weighted by atomic mass is 19.2. The predicted molar refractivity (Wildman–Crippen MR) is 74.7 cm³/mol. The summed E-state index contributed by atoms with van der Waals surface area (Å²) in [5.74, 6) is -2.86. The average Bonchev–Trinajstić information content (AvgIpc) is 2.41. The van der Waals surface area contributed by atoms with Crippen molar-refractivity contribution in [2.45, 2.75) is 25.7 Å². The van der Waals surface area contributed by atoms with E-state index in [9.17, 15) is 13.6 Å². The van der Waals surface area contributed by atoms with E-state index in [-0.39, 0.29) is 6.42 Å². The summed E-state index contributed by atoms with van der Waals surface area (Å²) >= 11 is 0. The number of hydrogen-bond acceptors (Lipinski definition) is 3. The second-order valence-electron chi connectivity index (χ2n) is 5.84. The zero-order chi connectivity index (χ0) is 15.6. The molecular formula is C15H19F2NO3. The third-order valence-corrected chi connectivity index (χ3v) is 3.71. The van der Waals surface area contributed by atoms with E-state index < -0.39 is 23.0 Å². The van der Waals surface area contributed by atoms with Crippen LogP contribution in [0.3, 0.4) is 0 Å². The summed E-state index contributed by atoms with van der Waals surface area (Å²) in [5.41, 5.74) is 0.253. The number of nitrogens with zero attached hydrogens (tertiary/aromatic N) is 1. The fraction of sp³-hybridized carbons (Fsp3) is 0.533. The summed E-state index contributed by atoms with van der Waals surface area (Å²) in [5, 5.41) is 9.03. The van der Waals surface area contributed by atoms with Gasteiger partial charge in [0.1, 0.15) is 0 Å². The molecule has 1 aliphatic heterocycles. The summed E-state index contributed by atoms with van der Waals surface area (Å²) < 4.78 is 32.5. The molecule has 2 rings (SSSR count). The number of anilines is 1. The first-order chi connectivity index (χ1) is 9.81. The lowest BCUT2D eigenvalue weighted by Crippen LogP contribution is -2.38. The number of hydrogen-bond donors (Lipinski definition) is 1. The minimum Gasteiger partial charge on any atom is -0.481 e. The van der Waals surface area contributed by atoms with Gasteiger partial charge in [0.25, 0.3) is 0 Å². The van der Waals surface area contributed by atoms with Crippen molar-refractivity contribution in [3.63, 3.8) is 0 Å². The Bertz CT molecular complexity index is 540. The smallest absolute Gasteiger partial charge is 0.304 e. The topological polar surface area (TPSA) is 49.8 Å². The van der Waals surface area contributed by atoms with E-state index in [0.717, 1.165) is 12.1 Å². The first-order valence-corrected chi connectivity index (χ1v) is 6.85. The van der Waals surface area contributed by atoms with Gasteiger partial charge in [0, 0.05) is 30.3 Å². The normalized spacial score (nSPS) is 16.1. The number of ether oxygens (including phenoxy) is 1. The third-order valence-electron chi connectivity index (χ3n) is 3.71. The second-order valence-corrected chi connectivity index (χ2v) is 5.84. The van der Waals surface area contributed by atoms with Crippen LogP contribution in [0.5, 0.6) is 0 Å². The van der Waals surface area contributed by atoms with Crippen LogP contribution in [-0.2, 0) is 14.9 Å². The number of aliphatic carboxylic acids is 1. The molecular weight excluding hydrogens is 280 g/mol. The van der Waals surface area contributed by atoms with E-state index in [2.05, 4.69) is 0 Å². The SMILES string of the molecule is CC(C)(CC(=O)O)c1cc(F)c(F)cc1N1CCOCC1. The summed E-state index contributed by atoms with van der Waals surface area (Å²) in [7, 11) is 0. The van der Waals surface area contributed by atoms with Crippen molar-refractivity contribution >= 4 is 11.7 Å². The van der Waals surface area contributed by atoms with Gasteiger partial charge >= 0.3 is 5.97 Å². The molecule has 4 nitrogen and oxygen atoms in total. The molecule has 1 aromatic carbocycles. The standard InChI is InChI=1S/C15H19F2NO3/c1-15(2,9-14(19)20)10-7-11(16)12(17)8-13(10)18-3-5-21-6-4-18/h7-8H,3-6,9H2,1-2H3,(H,19,20). The molecule has 21 heavy (non-hydrogen) atoms. The predicted octanol–water partition coefficient (Wildman–Crippen LogP) is 2.55. The highest BCUT2D eigenvalue weighted by molar-refractivity contribution is 5.70. The molecule has 0 saturated carbocycles. The van der Waals surface area contributed by atoms with Crippen molar-refractivity contribution in [3.05, 3.63) is 29.3 Å². The maximum Gasteiger partial charge on any atom is 0.304 e. The monoisotopic (exact) mass is 299 g/mol. The van der Waals surface area contributed by atoms with Crippen LogP contribution in [0.15, 0.2) is 12.1 Å². The summed E-state index contributed by atoms with van der Waals surface area (Å²) in [6.45, 7) is 5.60. The van der Waals surface area contributed by atoms with Gasteiger partial charge in [0.05, 0.1) is 19.6 Å². The van der Waals surface area contributed by atoms with Gasteiger partial charge in [-0.25, -0.2) is 8.78 Å². The Labute approximate surface area is 122 Å². The van der Waals surface area contributed by atoms with Gasteiger partial charge in [0.15, 0.2) is 11.6 Å². The van der Waals surface area contributed by atoms with E-state index in [1.807, 2.05) is 4.90 Å². The number of carboxylic acid groups (broad SMARTS) is 1. The number of rotatable bonds is 4. The molecule has 0 spiro atoms. The Morgan fingerprint density at radius 1 is 1.29 bits per heavy atom. The summed E-state index contributed by atoms with van der Waals surface area (Å²) in [6, 6.07) is 2.27. The molecule has 0 unspecified atom stereocenters. The molecule has 1 fully saturated rings. The van der Waals surface area contributed by atoms with Gasteiger partial charge in [-0.3, -0.25) is 4.79 Å². The molecule has 1 aromatic rings. The molecule has 6 heteroatoms. The van der Waals surface area contributed by atoms with E-state index >= 15 is 0 Å². The van der Waals surface area contributed by atoms with Crippen LogP contribution in [0.25, 0.3) is 0 Å². The Morgan fingerprint density at radius 3 is 2.43 bits per heavy atom. The molecule has 1 aliphatic rings. The lowest BCUT2D eigenvalue weighted by molar-refractivity contribution is -0.138. The number of carbonyl (C=O) groups is 1. The third kappa shape index (κ3) is 3.50.